The van der Waals surface area contributed by atoms with Crippen LogP contribution in [0.25, 0.3) is 0 Å². The highest BCUT2D eigenvalue weighted by molar-refractivity contribution is 5.78. The van der Waals surface area contributed by atoms with E-state index in [4.69, 9.17) is 10.5 Å². The summed E-state index contributed by atoms with van der Waals surface area (Å²) in [5, 5.41) is 2.85. The van der Waals surface area contributed by atoms with E-state index in [1.807, 2.05) is 45.0 Å². The molecule has 0 atom stereocenters. The van der Waals surface area contributed by atoms with Gasteiger partial charge >= 0.3 is 0 Å². The van der Waals surface area contributed by atoms with Crippen LogP contribution in [0.1, 0.15) is 26.3 Å². The van der Waals surface area contributed by atoms with Gasteiger partial charge in [-0.15, -0.1) is 0 Å². The molecule has 18 heavy (non-hydrogen) atoms. The third-order valence-corrected chi connectivity index (χ3v) is 2.26. The molecule has 0 aliphatic heterocycles. The summed E-state index contributed by atoms with van der Waals surface area (Å²) >= 11 is 0. The zero-order chi connectivity index (χ0) is 13.6. The Labute approximate surface area is 109 Å². The number of nitrogens with two attached hydrogens (primary N) is 1. The SMILES string of the molecule is CC(C)(C)NC(=O)COc1ccccc1CCN. The normalized spacial score (nSPS) is 11.1. The summed E-state index contributed by atoms with van der Waals surface area (Å²) in [5.41, 5.74) is 6.33. The van der Waals surface area contributed by atoms with Crippen molar-refractivity contribution in [3.63, 3.8) is 0 Å². The summed E-state index contributed by atoms with van der Waals surface area (Å²) in [6.07, 6.45) is 0.747. The highest BCUT2D eigenvalue weighted by Crippen LogP contribution is 2.17. The topological polar surface area (TPSA) is 64.3 Å². The van der Waals surface area contributed by atoms with E-state index < -0.39 is 0 Å². The molecule has 0 aliphatic carbocycles. The van der Waals surface area contributed by atoms with E-state index in [1.165, 1.54) is 0 Å². The number of rotatable bonds is 5. The molecule has 0 spiro atoms. The van der Waals surface area contributed by atoms with Gasteiger partial charge < -0.3 is 15.8 Å². The maximum atomic E-state index is 11.6. The average molecular weight is 250 g/mol. The number of hydrogen-bond donors (Lipinski definition) is 2. The Bertz CT molecular complexity index is 397. The number of carbonyl (C=O) groups is 1. The first kappa shape index (κ1) is 14.5. The maximum Gasteiger partial charge on any atom is 0.258 e. The number of para-hydroxylation sites is 1. The molecular formula is C14H22N2O2. The molecule has 0 aromatic heterocycles. The van der Waals surface area contributed by atoms with Gasteiger partial charge in [0.25, 0.3) is 5.91 Å². The largest absolute Gasteiger partial charge is 0.483 e. The van der Waals surface area contributed by atoms with E-state index in [9.17, 15) is 4.79 Å². The van der Waals surface area contributed by atoms with E-state index in [-0.39, 0.29) is 18.1 Å². The third-order valence-electron chi connectivity index (χ3n) is 2.26. The van der Waals surface area contributed by atoms with Gasteiger partial charge in [0.2, 0.25) is 0 Å². The van der Waals surface area contributed by atoms with E-state index >= 15 is 0 Å². The van der Waals surface area contributed by atoms with Gasteiger partial charge in [-0.3, -0.25) is 4.79 Å². The lowest BCUT2D eigenvalue weighted by atomic mass is 10.1. The van der Waals surface area contributed by atoms with Gasteiger partial charge in [0.1, 0.15) is 5.75 Å². The van der Waals surface area contributed by atoms with Crippen LogP contribution in [0, 0.1) is 0 Å². The molecule has 3 N–H and O–H groups in total. The molecule has 0 saturated carbocycles. The van der Waals surface area contributed by atoms with Crippen LogP contribution in [-0.4, -0.2) is 24.6 Å². The molecule has 0 bridgehead atoms. The molecule has 0 aliphatic rings. The van der Waals surface area contributed by atoms with Crippen LogP contribution in [0.4, 0.5) is 0 Å². The highest BCUT2D eigenvalue weighted by Gasteiger charge is 2.14. The van der Waals surface area contributed by atoms with Crippen molar-refractivity contribution in [2.45, 2.75) is 32.7 Å². The summed E-state index contributed by atoms with van der Waals surface area (Å²) in [5.74, 6) is 0.608. The Balaban J connectivity index is 2.55. The van der Waals surface area contributed by atoms with Crippen LogP contribution in [0.15, 0.2) is 24.3 Å². The molecule has 1 aromatic rings. The maximum absolute atomic E-state index is 11.6. The zero-order valence-corrected chi connectivity index (χ0v) is 11.3. The van der Waals surface area contributed by atoms with Crippen LogP contribution in [0.3, 0.4) is 0 Å². The molecule has 0 unspecified atom stereocenters. The van der Waals surface area contributed by atoms with Gasteiger partial charge in [0.15, 0.2) is 6.61 Å². The van der Waals surface area contributed by atoms with E-state index in [1.54, 1.807) is 0 Å². The monoisotopic (exact) mass is 250 g/mol. The van der Waals surface area contributed by atoms with Crippen molar-refractivity contribution in [1.82, 2.24) is 5.32 Å². The van der Waals surface area contributed by atoms with Crippen LogP contribution in [-0.2, 0) is 11.2 Å². The molecule has 4 nitrogen and oxygen atoms in total. The van der Waals surface area contributed by atoms with E-state index in [2.05, 4.69) is 5.32 Å². The Kier molecular flexibility index (Phi) is 5.16. The second-order valence-corrected chi connectivity index (χ2v) is 5.23. The number of carbonyl (C=O) groups excluding carboxylic acids is 1. The zero-order valence-electron chi connectivity index (χ0n) is 11.3. The minimum Gasteiger partial charge on any atom is -0.483 e. The van der Waals surface area contributed by atoms with Crippen molar-refractivity contribution < 1.29 is 9.53 Å². The molecule has 0 fully saturated rings. The molecule has 0 saturated heterocycles. The molecule has 100 valence electrons. The summed E-state index contributed by atoms with van der Waals surface area (Å²) in [7, 11) is 0. The smallest absolute Gasteiger partial charge is 0.258 e. The molecule has 4 heteroatoms. The summed E-state index contributed by atoms with van der Waals surface area (Å²) < 4.78 is 5.53. The minimum absolute atomic E-state index is 0.0266. The van der Waals surface area contributed by atoms with Crippen LogP contribution in [0.5, 0.6) is 5.75 Å². The molecule has 0 radical (unpaired) electrons. The van der Waals surface area contributed by atoms with Crippen LogP contribution >= 0.6 is 0 Å². The quantitative estimate of drug-likeness (QED) is 0.832. The van der Waals surface area contributed by atoms with Gasteiger partial charge in [0, 0.05) is 5.54 Å². The fourth-order valence-corrected chi connectivity index (χ4v) is 1.60. The first-order valence-electron chi connectivity index (χ1n) is 6.14. The predicted molar refractivity (Wildman–Crippen MR) is 72.6 cm³/mol. The molecule has 1 aromatic carbocycles. The van der Waals surface area contributed by atoms with Gasteiger partial charge in [0.05, 0.1) is 0 Å². The lowest BCUT2D eigenvalue weighted by Crippen LogP contribution is -2.43. The van der Waals surface area contributed by atoms with Crippen molar-refractivity contribution in [3.05, 3.63) is 29.8 Å². The van der Waals surface area contributed by atoms with Crippen LogP contribution < -0.4 is 15.8 Å². The second kappa shape index (κ2) is 6.40. The van der Waals surface area contributed by atoms with Crippen molar-refractivity contribution >= 4 is 5.91 Å². The molecule has 0 heterocycles. The van der Waals surface area contributed by atoms with Crippen molar-refractivity contribution in [2.24, 2.45) is 5.73 Å². The average Bonchev–Trinajstić information content (AvgIpc) is 2.26. The number of nitrogens with one attached hydrogen (secondary N) is 1. The van der Waals surface area contributed by atoms with Crippen molar-refractivity contribution in [1.29, 1.82) is 0 Å². The molecule has 1 amide bonds. The summed E-state index contributed by atoms with van der Waals surface area (Å²) in [6.45, 7) is 6.40. The summed E-state index contributed by atoms with van der Waals surface area (Å²) in [4.78, 5) is 11.6. The van der Waals surface area contributed by atoms with Crippen LogP contribution in [0.2, 0.25) is 0 Å². The second-order valence-electron chi connectivity index (χ2n) is 5.23. The van der Waals surface area contributed by atoms with Gasteiger partial charge in [-0.25, -0.2) is 0 Å². The van der Waals surface area contributed by atoms with Gasteiger partial charge in [-0.1, -0.05) is 18.2 Å². The van der Waals surface area contributed by atoms with Crippen molar-refractivity contribution in [2.75, 3.05) is 13.2 Å². The standard InChI is InChI=1S/C14H22N2O2/c1-14(2,3)16-13(17)10-18-12-7-5-4-6-11(12)8-9-15/h4-7H,8-10,15H2,1-3H3,(H,16,17). The first-order valence-corrected chi connectivity index (χ1v) is 6.14. The fourth-order valence-electron chi connectivity index (χ4n) is 1.60. The predicted octanol–water partition coefficient (Wildman–Crippen LogP) is 1.48. The number of benzene rings is 1. The van der Waals surface area contributed by atoms with E-state index in [0.29, 0.717) is 6.54 Å². The Morgan fingerprint density at radius 1 is 1.33 bits per heavy atom. The third kappa shape index (κ3) is 5.19. The number of ether oxygens (including phenoxy) is 1. The molecular weight excluding hydrogens is 228 g/mol. The van der Waals surface area contributed by atoms with Gasteiger partial charge in [-0.05, 0) is 45.4 Å². The first-order chi connectivity index (χ1) is 8.42. The van der Waals surface area contributed by atoms with E-state index in [0.717, 1.165) is 17.7 Å². The van der Waals surface area contributed by atoms with Gasteiger partial charge in [-0.2, -0.15) is 0 Å². The number of hydrogen-bond acceptors (Lipinski definition) is 3. The highest BCUT2D eigenvalue weighted by atomic mass is 16.5. The number of amides is 1. The Morgan fingerprint density at radius 2 is 2.00 bits per heavy atom. The Morgan fingerprint density at radius 3 is 2.61 bits per heavy atom. The fraction of sp³-hybridized carbons (Fsp3) is 0.500. The van der Waals surface area contributed by atoms with Crippen molar-refractivity contribution in [3.8, 4) is 5.75 Å². The minimum atomic E-state index is -0.239. The molecule has 1 rings (SSSR count). The lowest BCUT2D eigenvalue weighted by Gasteiger charge is -2.20. The lowest BCUT2D eigenvalue weighted by molar-refractivity contribution is -0.124. The summed E-state index contributed by atoms with van der Waals surface area (Å²) in [6, 6.07) is 7.64. The Hall–Kier alpha value is -1.55.